The molecule has 224 valence electrons. The molecule has 4 aliphatic rings. The minimum absolute atomic E-state index is 0.137. The predicted molar refractivity (Wildman–Crippen MR) is 145 cm³/mol. The first kappa shape index (κ1) is 30.3. The first-order chi connectivity index (χ1) is 18.8. The molecular weight excluding hydrogens is 540 g/mol. The third-order valence-corrected chi connectivity index (χ3v) is 9.69. The van der Waals surface area contributed by atoms with Gasteiger partial charge in [-0.1, -0.05) is 25.0 Å². The number of allylic oxidation sites excluding steroid dienone is 1. The molecule has 3 N–H and O–H groups in total. The van der Waals surface area contributed by atoms with Crippen LogP contribution < -0.4 is 15.4 Å². The highest BCUT2D eigenvalue weighted by atomic mass is 32.2. The molecule has 1 saturated heterocycles. The lowest BCUT2D eigenvalue weighted by Crippen LogP contribution is -2.58. The first-order valence-electron chi connectivity index (χ1n) is 14.1. The summed E-state index contributed by atoms with van der Waals surface area (Å²) in [5.74, 6) is -2.11. The maximum absolute atomic E-state index is 13.8. The van der Waals surface area contributed by atoms with Gasteiger partial charge in [-0.15, -0.1) is 0 Å². The average Bonchev–Trinajstić information content (AvgIpc) is 3.77. The van der Waals surface area contributed by atoms with Crippen LogP contribution in [0.2, 0.25) is 0 Å². The van der Waals surface area contributed by atoms with E-state index in [1.165, 1.54) is 12.0 Å². The summed E-state index contributed by atoms with van der Waals surface area (Å²) in [6, 6.07) is -1.86. The monoisotopic (exact) mass is 582 g/mol. The summed E-state index contributed by atoms with van der Waals surface area (Å²) >= 11 is 0. The van der Waals surface area contributed by atoms with E-state index < -0.39 is 68.4 Å². The fraction of sp³-hybridized carbons (Fsp3) is 0.778. The van der Waals surface area contributed by atoms with E-state index in [1.54, 1.807) is 20.8 Å². The van der Waals surface area contributed by atoms with Crippen LogP contribution in [0.4, 0.5) is 4.79 Å². The zero-order valence-corrected chi connectivity index (χ0v) is 24.6. The highest BCUT2D eigenvalue weighted by Crippen LogP contribution is 2.46. The Morgan fingerprint density at radius 3 is 2.50 bits per heavy atom. The van der Waals surface area contributed by atoms with Gasteiger partial charge in [-0.25, -0.2) is 13.2 Å². The number of carbonyl (C=O) groups is 4. The highest BCUT2D eigenvalue weighted by molar-refractivity contribution is 7.91. The van der Waals surface area contributed by atoms with Crippen LogP contribution in [-0.2, 0) is 33.9 Å². The fourth-order valence-corrected chi connectivity index (χ4v) is 6.75. The van der Waals surface area contributed by atoms with Gasteiger partial charge in [0.2, 0.25) is 21.8 Å². The van der Waals surface area contributed by atoms with E-state index in [2.05, 4.69) is 15.4 Å². The topological polar surface area (TPSA) is 160 Å². The van der Waals surface area contributed by atoms with Gasteiger partial charge in [0, 0.05) is 26.0 Å². The van der Waals surface area contributed by atoms with Crippen molar-refractivity contribution in [3.05, 3.63) is 12.2 Å². The Morgan fingerprint density at radius 2 is 1.85 bits per heavy atom. The smallest absolute Gasteiger partial charge is 0.408 e. The van der Waals surface area contributed by atoms with Crippen molar-refractivity contribution in [3.8, 4) is 0 Å². The number of alkyl carbamates (subject to hydrolysis) is 1. The molecule has 12 nitrogen and oxygen atoms in total. The molecule has 0 aromatic heterocycles. The van der Waals surface area contributed by atoms with Gasteiger partial charge in [-0.05, 0) is 59.3 Å². The van der Waals surface area contributed by atoms with Gasteiger partial charge in [-0.3, -0.25) is 19.1 Å². The number of nitrogens with zero attached hydrogens (tertiary/aromatic N) is 1. The Bertz CT molecular complexity index is 1150. The second-order valence-corrected chi connectivity index (χ2v) is 14.3. The second kappa shape index (κ2) is 11.7. The number of ether oxygens (including phenoxy) is 2. The van der Waals surface area contributed by atoms with Crippen molar-refractivity contribution >= 4 is 33.8 Å². The van der Waals surface area contributed by atoms with E-state index in [0.717, 1.165) is 19.3 Å². The third-order valence-electron chi connectivity index (χ3n) is 7.87. The van der Waals surface area contributed by atoms with Crippen molar-refractivity contribution in [3.63, 3.8) is 0 Å². The molecule has 0 radical (unpaired) electrons. The molecule has 40 heavy (non-hydrogen) atoms. The van der Waals surface area contributed by atoms with Gasteiger partial charge in [0.15, 0.2) is 0 Å². The molecule has 4 rings (SSSR count). The average molecular weight is 583 g/mol. The molecule has 5 atom stereocenters. The molecule has 0 bridgehead atoms. The lowest BCUT2D eigenvalue weighted by molar-refractivity contribution is -0.141. The SMILES string of the molecule is CO[C@@H]1C[C@H]2C(=O)N[C@]3(C(=O)NS(=O)(=O)C4CC4)C[C@H]3C=CCCCCC[C@H](NC(=O)OC(C)(C)C)C(=O)N2C1. The summed E-state index contributed by atoms with van der Waals surface area (Å²) in [4.78, 5) is 54.8. The molecule has 2 aliphatic carbocycles. The summed E-state index contributed by atoms with van der Waals surface area (Å²) < 4.78 is 38.1. The molecule has 0 spiro atoms. The van der Waals surface area contributed by atoms with Crippen LogP contribution in [0.3, 0.4) is 0 Å². The summed E-state index contributed by atoms with van der Waals surface area (Å²) in [6.45, 7) is 5.33. The summed E-state index contributed by atoms with van der Waals surface area (Å²) in [6.07, 6.45) is 7.55. The summed E-state index contributed by atoms with van der Waals surface area (Å²) in [5.41, 5.74) is -2.16. The van der Waals surface area contributed by atoms with Crippen molar-refractivity contribution in [2.75, 3.05) is 13.7 Å². The molecule has 2 aliphatic heterocycles. The lowest BCUT2D eigenvalue weighted by atomic mass is 10.0. The molecule has 2 saturated carbocycles. The second-order valence-electron chi connectivity index (χ2n) is 12.3. The number of sulfonamides is 1. The van der Waals surface area contributed by atoms with Crippen LogP contribution in [0.25, 0.3) is 0 Å². The van der Waals surface area contributed by atoms with Gasteiger partial charge in [0.1, 0.15) is 23.2 Å². The summed E-state index contributed by atoms with van der Waals surface area (Å²) in [7, 11) is -2.32. The van der Waals surface area contributed by atoms with Crippen LogP contribution in [0.15, 0.2) is 12.2 Å². The van der Waals surface area contributed by atoms with E-state index >= 15 is 0 Å². The number of fused-ring (bicyclic) bond motifs is 2. The number of methoxy groups -OCH3 is 1. The van der Waals surface area contributed by atoms with Crippen molar-refractivity contribution in [2.45, 2.75) is 113 Å². The number of rotatable bonds is 5. The Labute approximate surface area is 236 Å². The van der Waals surface area contributed by atoms with Gasteiger partial charge in [0.05, 0.1) is 11.4 Å². The normalized spacial score (nSPS) is 31.6. The van der Waals surface area contributed by atoms with Crippen LogP contribution in [0.5, 0.6) is 0 Å². The van der Waals surface area contributed by atoms with E-state index in [0.29, 0.717) is 25.7 Å². The van der Waals surface area contributed by atoms with Crippen LogP contribution >= 0.6 is 0 Å². The summed E-state index contributed by atoms with van der Waals surface area (Å²) in [5, 5.41) is 4.92. The van der Waals surface area contributed by atoms with Gasteiger partial charge < -0.3 is 25.0 Å². The Kier molecular flexibility index (Phi) is 8.84. The number of carbonyl (C=O) groups excluding carboxylic acids is 4. The van der Waals surface area contributed by atoms with Crippen LogP contribution in [0, 0.1) is 5.92 Å². The molecule has 2 heterocycles. The maximum atomic E-state index is 13.8. The van der Waals surface area contributed by atoms with Crippen molar-refractivity contribution in [2.24, 2.45) is 5.92 Å². The molecule has 0 aromatic carbocycles. The maximum Gasteiger partial charge on any atom is 0.408 e. The number of hydrogen-bond donors (Lipinski definition) is 3. The zero-order chi connectivity index (χ0) is 29.3. The Balaban J connectivity index is 1.58. The van der Waals surface area contributed by atoms with E-state index in [9.17, 15) is 27.6 Å². The zero-order valence-electron chi connectivity index (χ0n) is 23.7. The van der Waals surface area contributed by atoms with Gasteiger partial charge >= 0.3 is 6.09 Å². The number of hydrogen-bond acceptors (Lipinski definition) is 8. The quantitative estimate of drug-likeness (QED) is 0.411. The molecule has 13 heteroatoms. The molecule has 0 unspecified atom stereocenters. The van der Waals surface area contributed by atoms with Crippen molar-refractivity contribution < 1.29 is 37.1 Å². The molecule has 3 fully saturated rings. The number of nitrogens with one attached hydrogen (secondary N) is 3. The lowest BCUT2D eigenvalue weighted by Gasteiger charge is -2.30. The van der Waals surface area contributed by atoms with Gasteiger partial charge in [0.25, 0.3) is 5.91 Å². The van der Waals surface area contributed by atoms with Crippen molar-refractivity contribution in [1.29, 1.82) is 0 Å². The minimum Gasteiger partial charge on any atom is -0.444 e. The first-order valence-corrected chi connectivity index (χ1v) is 15.7. The number of amides is 4. The minimum atomic E-state index is -3.81. The molecule has 4 amide bonds. The fourth-order valence-electron chi connectivity index (χ4n) is 5.38. The highest BCUT2D eigenvalue weighted by Gasteiger charge is 2.62. The standard InChI is InChI=1S/C27H42N4O8S/c1-26(2,3)39-25(35)28-20-11-9-7-5-6-8-10-17-15-27(17,24(34)30-40(36,37)19-12-13-19)29-22(32)21-14-18(38-4)16-31(21)23(20)33/h8,10,17-21H,5-7,9,11-16H2,1-4H3,(H,28,35)(H,29,32)(H,30,34)/t17-,18-,20+,21+,27-/m1/s1. The van der Waals surface area contributed by atoms with E-state index in [4.69, 9.17) is 9.47 Å². The van der Waals surface area contributed by atoms with Crippen LogP contribution in [0.1, 0.15) is 78.6 Å². The Morgan fingerprint density at radius 1 is 1.12 bits per heavy atom. The van der Waals surface area contributed by atoms with Crippen LogP contribution in [-0.4, -0.2) is 85.4 Å². The molecule has 0 aromatic rings. The van der Waals surface area contributed by atoms with E-state index in [-0.39, 0.29) is 25.3 Å². The third kappa shape index (κ3) is 7.15. The molecular formula is C27H42N4O8S. The predicted octanol–water partition coefficient (Wildman–Crippen LogP) is 1.50. The Hall–Kier alpha value is -2.67. The van der Waals surface area contributed by atoms with E-state index in [1.807, 2.05) is 12.2 Å². The van der Waals surface area contributed by atoms with Gasteiger partial charge in [-0.2, -0.15) is 0 Å². The largest absolute Gasteiger partial charge is 0.444 e. The van der Waals surface area contributed by atoms with Crippen molar-refractivity contribution in [1.82, 2.24) is 20.3 Å².